The summed E-state index contributed by atoms with van der Waals surface area (Å²) in [5.74, 6) is 0.529. The van der Waals surface area contributed by atoms with E-state index < -0.39 is 0 Å². The molecule has 1 N–H and O–H groups in total. The van der Waals surface area contributed by atoms with Gasteiger partial charge in [0.1, 0.15) is 24.4 Å². The summed E-state index contributed by atoms with van der Waals surface area (Å²) in [6, 6.07) is 11.2. The van der Waals surface area contributed by atoms with Crippen LogP contribution >= 0.6 is 0 Å². The van der Waals surface area contributed by atoms with Gasteiger partial charge in [-0.3, -0.25) is 4.79 Å². The van der Waals surface area contributed by atoms with E-state index in [9.17, 15) is 4.79 Å². The Morgan fingerprint density at radius 1 is 1.39 bits per heavy atom. The average molecular weight is 307 g/mol. The molecule has 0 fully saturated rings. The van der Waals surface area contributed by atoms with Crippen LogP contribution in [0.2, 0.25) is 0 Å². The SMILES string of the molecule is N#Cc1ncn(CC(=O)N[C@@H]2CCOc3ccccc32)c1C#N. The summed E-state index contributed by atoms with van der Waals surface area (Å²) in [5, 5.41) is 20.9. The third-order valence-electron chi connectivity index (χ3n) is 3.66. The number of aromatic nitrogens is 2. The number of para-hydroxylation sites is 1. The molecule has 0 spiro atoms. The van der Waals surface area contributed by atoms with Crippen LogP contribution in [0.25, 0.3) is 0 Å². The molecule has 1 aromatic carbocycles. The van der Waals surface area contributed by atoms with E-state index in [1.54, 1.807) is 0 Å². The van der Waals surface area contributed by atoms with Gasteiger partial charge in [0.05, 0.1) is 19.0 Å². The summed E-state index contributed by atoms with van der Waals surface area (Å²) < 4.78 is 6.94. The Morgan fingerprint density at radius 2 is 2.22 bits per heavy atom. The van der Waals surface area contributed by atoms with Crippen LogP contribution in [-0.2, 0) is 11.3 Å². The number of nitriles is 2. The van der Waals surface area contributed by atoms with Crippen LogP contribution in [0.3, 0.4) is 0 Å². The van der Waals surface area contributed by atoms with Gasteiger partial charge in [-0.1, -0.05) is 18.2 Å². The summed E-state index contributed by atoms with van der Waals surface area (Å²) >= 11 is 0. The number of rotatable bonds is 3. The summed E-state index contributed by atoms with van der Waals surface area (Å²) in [5.41, 5.74) is 1.06. The summed E-state index contributed by atoms with van der Waals surface area (Å²) in [6.07, 6.45) is 2.01. The Bertz CT molecular complexity index is 828. The van der Waals surface area contributed by atoms with Crippen LogP contribution < -0.4 is 10.1 Å². The van der Waals surface area contributed by atoms with Gasteiger partial charge in [-0.2, -0.15) is 10.5 Å². The minimum Gasteiger partial charge on any atom is -0.493 e. The molecule has 114 valence electrons. The smallest absolute Gasteiger partial charge is 0.240 e. The molecule has 0 saturated carbocycles. The number of nitrogens with zero attached hydrogens (tertiary/aromatic N) is 4. The lowest BCUT2D eigenvalue weighted by Gasteiger charge is -2.26. The van der Waals surface area contributed by atoms with Crippen molar-refractivity contribution < 1.29 is 9.53 Å². The van der Waals surface area contributed by atoms with Gasteiger partial charge in [0.2, 0.25) is 5.91 Å². The van der Waals surface area contributed by atoms with Gasteiger partial charge in [-0.25, -0.2) is 4.98 Å². The monoisotopic (exact) mass is 307 g/mol. The molecule has 0 radical (unpaired) electrons. The Labute approximate surface area is 132 Å². The van der Waals surface area contributed by atoms with E-state index in [4.69, 9.17) is 15.3 Å². The van der Waals surface area contributed by atoms with E-state index in [0.29, 0.717) is 13.0 Å². The highest BCUT2D eigenvalue weighted by Crippen LogP contribution is 2.31. The molecule has 2 aromatic rings. The summed E-state index contributed by atoms with van der Waals surface area (Å²) in [7, 11) is 0. The van der Waals surface area contributed by atoms with Crippen LogP contribution in [0.15, 0.2) is 30.6 Å². The highest BCUT2D eigenvalue weighted by atomic mass is 16.5. The number of hydrogen-bond acceptors (Lipinski definition) is 5. The van der Waals surface area contributed by atoms with E-state index in [1.807, 2.05) is 36.4 Å². The standard InChI is InChI=1S/C16H13N5O2/c17-7-13-14(8-18)21(10-19-13)9-16(22)20-12-5-6-23-15-4-2-1-3-11(12)15/h1-4,10,12H,5-6,9H2,(H,20,22)/t12-/m1/s1. The van der Waals surface area contributed by atoms with Crippen molar-refractivity contribution in [3.05, 3.63) is 47.5 Å². The topological polar surface area (TPSA) is 104 Å². The number of ether oxygens (including phenoxy) is 1. The predicted octanol–water partition coefficient (Wildman–Crippen LogP) is 1.27. The third kappa shape index (κ3) is 2.85. The molecule has 7 nitrogen and oxygen atoms in total. The third-order valence-corrected chi connectivity index (χ3v) is 3.66. The Kier molecular flexibility index (Phi) is 3.94. The quantitative estimate of drug-likeness (QED) is 0.919. The first-order chi connectivity index (χ1) is 11.2. The second kappa shape index (κ2) is 6.20. The second-order valence-corrected chi connectivity index (χ2v) is 5.09. The van der Waals surface area contributed by atoms with Crippen LogP contribution in [0, 0.1) is 22.7 Å². The minimum atomic E-state index is -0.245. The first kappa shape index (κ1) is 14.6. The van der Waals surface area contributed by atoms with Crippen molar-refractivity contribution in [1.29, 1.82) is 10.5 Å². The lowest BCUT2D eigenvalue weighted by Crippen LogP contribution is -2.34. The first-order valence-electron chi connectivity index (χ1n) is 7.09. The van der Waals surface area contributed by atoms with Crippen molar-refractivity contribution in [1.82, 2.24) is 14.9 Å². The maximum absolute atomic E-state index is 12.3. The molecule has 0 saturated heterocycles. The van der Waals surface area contributed by atoms with Gasteiger partial charge in [0.15, 0.2) is 11.4 Å². The lowest BCUT2D eigenvalue weighted by atomic mass is 10.0. The van der Waals surface area contributed by atoms with Crippen molar-refractivity contribution >= 4 is 5.91 Å². The molecular weight excluding hydrogens is 294 g/mol. The molecular formula is C16H13N5O2. The number of imidazole rings is 1. The molecule has 23 heavy (non-hydrogen) atoms. The first-order valence-corrected chi connectivity index (χ1v) is 7.09. The molecule has 1 aliphatic rings. The molecule has 0 aliphatic carbocycles. The average Bonchev–Trinajstić information content (AvgIpc) is 2.96. The van der Waals surface area contributed by atoms with Crippen LogP contribution in [0.1, 0.15) is 29.4 Å². The van der Waals surface area contributed by atoms with Crippen molar-refractivity contribution in [2.24, 2.45) is 0 Å². The van der Waals surface area contributed by atoms with Gasteiger partial charge in [-0.15, -0.1) is 0 Å². The largest absolute Gasteiger partial charge is 0.493 e. The fraction of sp³-hybridized carbons (Fsp3) is 0.250. The minimum absolute atomic E-state index is 0.0247. The van der Waals surface area contributed by atoms with Crippen LogP contribution in [0.4, 0.5) is 0 Å². The van der Waals surface area contributed by atoms with Crippen LogP contribution in [-0.4, -0.2) is 22.1 Å². The van der Waals surface area contributed by atoms with E-state index in [-0.39, 0.29) is 29.9 Å². The van der Waals surface area contributed by atoms with Gasteiger partial charge in [0.25, 0.3) is 0 Å². The molecule has 7 heteroatoms. The highest BCUT2D eigenvalue weighted by Gasteiger charge is 2.23. The van der Waals surface area contributed by atoms with Crippen molar-refractivity contribution in [2.45, 2.75) is 19.0 Å². The number of nitrogens with one attached hydrogen (secondary N) is 1. The Morgan fingerprint density at radius 3 is 3.00 bits per heavy atom. The molecule has 3 rings (SSSR count). The van der Waals surface area contributed by atoms with E-state index in [1.165, 1.54) is 10.9 Å². The molecule has 1 amide bonds. The number of carbonyl (C=O) groups is 1. The fourth-order valence-corrected chi connectivity index (χ4v) is 2.59. The molecule has 1 aliphatic heterocycles. The maximum atomic E-state index is 12.3. The number of benzene rings is 1. The number of amides is 1. The molecule has 0 bridgehead atoms. The zero-order valence-electron chi connectivity index (χ0n) is 12.2. The number of carbonyl (C=O) groups excluding carboxylic acids is 1. The fourth-order valence-electron chi connectivity index (χ4n) is 2.59. The van der Waals surface area contributed by atoms with Gasteiger partial charge in [-0.05, 0) is 6.07 Å². The Hall–Kier alpha value is -3.32. The summed E-state index contributed by atoms with van der Waals surface area (Å²) in [4.78, 5) is 16.1. The maximum Gasteiger partial charge on any atom is 0.240 e. The zero-order chi connectivity index (χ0) is 16.2. The normalized spacial score (nSPS) is 15.7. The molecule has 2 heterocycles. The second-order valence-electron chi connectivity index (χ2n) is 5.09. The van der Waals surface area contributed by atoms with E-state index in [2.05, 4.69) is 10.3 Å². The molecule has 0 unspecified atom stereocenters. The van der Waals surface area contributed by atoms with E-state index in [0.717, 1.165) is 11.3 Å². The van der Waals surface area contributed by atoms with Gasteiger partial charge < -0.3 is 14.6 Å². The highest BCUT2D eigenvalue weighted by molar-refractivity contribution is 5.76. The molecule has 1 aromatic heterocycles. The Balaban J connectivity index is 1.73. The lowest BCUT2D eigenvalue weighted by molar-refractivity contribution is -0.122. The predicted molar refractivity (Wildman–Crippen MR) is 79.1 cm³/mol. The van der Waals surface area contributed by atoms with Crippen LogP contribution in [0.5, 0.6) is 5.75 Å². The number of hydrogen-bond donors (Lipinski definition) is 1. The van der Waals surface area contributed by atoms with Gasteiger partial charge in [0, 0.05) is 12.0 Å². The van der Waals surface area contributed by atoms with Crippen molar-refractivity contribution in [2.75, 3.05) is 6.61 Å². The zero-order valence-corrected chi connectivity index (χ0v) is 12.2. The molecule has 1 atom stereocenters. The van der Waals surface area contributed by atoms with Gasteiger partial charge >= 0.3 is 0 Å². The number of fused-ring (bicyclic) bond motifs is 1. The van der Waals surface area contributed by atoms with Crippen molar-refractivity contribution in [3.8, 4) is 17.9 Å². The van der Waals surface area contributed by atoms with E-state index >= 15 is 0 Å². The summed E-state index contributed by atoms with van der Waals surface area (Å²) in [6.45, 7) is 0.478. The van der Waals surface area contributed by atoms with Crippen molar-refractivity contribution in [3.63, 3.8) is 0 Å².